The van der Waals surface area contributed by atoms with Gasteiger partial charge in [-0.1, -0.05) is 6.92 Å². The molecule has 1 aliphatic carbocycles. The first kappa shape index (κ1) is 9.15. The van der Waals surface area contributed by atoms with Crippen molar-refractivity contribution >= 4 is 22.5 Å². The zero-order valence-electron chi connectivity index (χ0n) is 8.66. The predicted octanol–water partition coefficient (Wildman–Crippen LogP) is 2.11. The van der Waals surface area contributed by atoms with Crippen LogP contribution in [0.3, 0.4) is 0 Å². The van der Waals surface area contributed by atoms with Gasteiger partial charge >= 0.3 is 5.76 Å². The molecule has 4 heteroatoms. The molecular formula is C12H9NO3. The van der Waals surface area contributed by atoms with E-state index in [4.69, 9.17) is 4.42 Å². The van der Waals surface area contributed by atoms with Crippen molar-refractivity contribution < 1.29 is 9.21 Å². The summed E-state index contributed by atoms with van der Waals surface area (Å²) in [4.78, 5) is 25.3. The van der Waals surface area contributed by atoms with Gasteiger partial charge in [-0.2, -0.15) is 0 Å². The molecule has 0 spiro atoms. The van der Waals surface area contributed by atoms with E-state index in [-0.39, 0.29) is 5.78 Å². The average molecular weight is 215 g/mol. The lowest BCUT2D eigenvalue weighted by molar-refractivity contribution is 0.105. The van der Waals surface area contributed by atoms with Gasteiger partial charge in [-0.05, 0) is 35.8 Å². The van der Waals surface area contributed by atoms with E-state index >= 15 is 0 Å². The maximum Gasteiger partial charge on any atom is 0.417 e. The Morgan fingerprint density at radius 2 is 2.06 bits per heavy atom. The summed E-state index contributed by atoms with van der Waals surface area (Å²) >= 11 is 0. The number of aromatic amines is 1. The van der Waals surface area contributed by atoms with Gasteiger partial charge in [0.15, 0.2) is 11.4 Å². The molecule has 1 N–H and O–H groups in total. The molecule has 0 unspecified atom stereocenters. The molecule has 4 nitrogen and oxygen atoms in total. The highest BCUT2D eigenvalue weighted by Gasteiger charge is 2.21. The summed E-state index contributed by atoms with van der Waals surface area (Å²) in [6.07, 6.45) is 2.44. The summed E-state index contributed by atoms with van der Waals surface area (Å²) in [5.41, 5.74) is 3.59. The van der Waals surface area contributed by atoms with Crippen LogP contribution in [-0.2, 0) is 0 Å². The van der Waals surface area contributed by atoms with Crippen LogP contribution < -0.4 is 5.76 Å². The number of benzene rings is 1. The molecule has 1 heterocycles. The van der Waals surface area contributed by atoms with E-state index in [1.54, 1.807) is 18.2 Å². The number of hydrogen-bond donors (Lipinski definition) is 1. The van der Waals surface area contributed by atoms with E-state index in [2.05, 4.69) is 4.98 Å². The molecule has 0 aliphatic heterocycles. The Morgan fingerprint density at radius 1 is 1.25 bits per heavy atom. The minimum atomic E-state index is -0.492. The van der Waals surface area contributed by atoms with Crippen molar-refractivity contribution in [3.63, 3.8) is 0 Å². The highest BCUT2D eigenvalue weighted by atomic mass is 16.4. The Morgan fingerprint density at radius 3 is 2.81 bits per heavy atom. The monoisotopic (exact) mass is 215 g/mol. The number of oxazole rings is 1. The van der Waals surface area contributed by atoms with Crippen LogP contribution >= 0.6 is 0 Å². The first-order chi connectivity index (χ1) is 7.69. The molecule has 0 radical (unpaired) electrons. The highest BCUT2D eigenvalue weighted by molar-refractivity contribution is 6.17. The molecule has 1 aliphatic rings. The minimum Gasteiger partial charge on any atom is -0.408 e. The van der Waals surface area contributed by atoms with Crippen LogP contribution in [0, 0.1) is 0 Å². The number of hydrogen-bond acceptors (Lipinski definition) is 3. The number of rotatable bonds is 1. The summed E-state index contributed by atoms with van der Waals surface area (Å²) in [5.74, 6) is -0.509. The van der Waals surface area contributed by atoms with Crippen molar-refractivity contribution in [2.75, 3.05) is 0 Å². The fraction of sp³-hybridized carbons (Fsp3) is 0.167. The largest absolute Gasteiger partial charge is 0.417 e. The Labute approximate surface area is 90.6 Å². The number of carbonyl (C=O) groups excluding carboxylic acids is 1. The van der Waals surface area contributed by atoms with Gasteiger partial charge in [0.25, 0.3) is 0 Å². The average Bonchev–Trinajstić information content (AvgIpc) is 2.75. The van der Waals surface area contributed by atoms with E-state index in [1.807, 2.05) is 6.92 Å². The van der Waals surface area contributed by atoms with Crippen molar-refractivity contribution in [2.45, 2.75) is 13.3 Å². The summed E-state index contributed by atoms with van der Waals surface area (Å²) in [6, 6.07) is 3.43. The highest BCUT2D eigenvalue weighted by Crippen LogP contribution is 2.32. The summed E-state index contributed by atoms with van der Waals surface area (Å²) in [5, 5.41) is 0. The molecular weight excluding hydrogens is 206 g/mol. The van der Waals surface area contributed by atoms with Crippen LogP contribution in [0.4, 0.5) is 0 Å². The summed E-state index contributed by atoms with van der Waals surface area (Å²) in [7, 11) is 0. The molecule has 80 valence electrons. The number of carbonyl (C=O) groups is 1. The molecule has 1 aromatic carbocycles. The number of fused-ring (bicyclic) bond motifs is 2. The van der Waals surface area contributed by atoms with E-state index < -0.39 is 5.76 Å². The van der Waals surface area contributed by atoms with Gasteiger partial charge in [-0.3, -0.25) is 9.78 Å². The lowest BCUT2D eigenvalue weighted by atomic mass is 10.0. The zero-order chi connectivity index (χ0) is 11.3. The maximum absolute atomic E-state index is 11.7. The van der Waals surface area contributed by atoms with E-state index in [0.29, 0.717) is 16.7 Å². The maximum atomic E-state index is 11.7. The van der Waals surface area contributed by atoms with Crippen LogP contribution in [-0.4, -0.2) is 10.8 Å². The van der Waals surface area contributed by atoms with Crippen LogP contribution in [0.1, 0.15) is 29.3 Å². The number of allylic oxidation sites excluding steroid dienone is 2. The second kappa shape index (κ2) is 2.95. The smallest absolute Gasteiger partial charge is 0.408 e. The number of ketones is 1. The number of aromatic nitrogens is 1. The predicted molar refractivity (Wildman–Crippen MR) is 59.4 cm³/mol. The van der Waals surface area contributed by atoms with E-state index in [9.17, 15) is 9.59 Å². The second-order valence-electron chi connectivity index (χ2n) is 3.80. The Balaban J connectivity index is 2.37. The van der Waals surface area contributed by atoms with Crippen molar-refractivity contribution in [3.05, 3.63) is 39.9 Å². The van der Waals surface area contributed by atoms with E-state index in [0.717, 1.165) is 17.6 Å². The molecule has 3 rings (SSSR count). The van der Waals surface area contributed by atoms with Gasteiger partial charge in [0.2, 0.25) is 0 Å². The lowest BCUT2D eigenvalue weighted by Gasteiger charge is -2.01. The van der Waals surface area contributed by atoms with E-state index in [1.165, 1.54) is 0 Å². The molecule has 16 heavy (non-hydrogen) atoms. The SMILES string of the molecule is CCC1=CC(=O)c2cc3oc(=O)[nH]c3cc21. The Kier molecular flexibility index (Phi) is 1.68. The van der Waals surface area contributed by atoms with Crippen molar-refractivity contribution in [1.82, 2.24) is 4.98 Å². The van der Waals surface area contributed by atoms with Gasteiger partial charge in [-0.15, -0.1) is 0 Å². The third kappa shape index (κ3) is 1.10. The van der Waals surface area contributed by atoms with Crippen molar-refractivity contribution in [3.8, 4) is 0 Å². The summed E-state index contributed by atoms with van der Waals surface area (Å²) < 4.78 is 4.92. The molecule has 0 bridgehead atoms. The molecule has 0 amide bonds. The van der Waals surface area contributed by atoms with Gasteiger partial charge in [-0.25, -0.2) is 4.79 Å². The van der Waals surface area contributed by atoms with Gasteiger partial charge in [0, 0.05) is 5.56 Å². The fourth-order valence-electron chi connectivity index (χ4n) is 2.07. The molecule has 2 aromatic rings. The quantitative estimate of drug-likeness (QED) is 0.792. The minimum absolute atomic E-state index is 0.0161. The normalized spacial score (nSPS) is 14.3. The molecule has 0 fully saturated rings. The Bertz CT molecular complexity index is 688. The first-order valence-electron chi connectivity index (χ1n) is 5.11. The van der Waals surface area contributed by atoms with Gasteiger partial charge < -0.3 is 4.42 Å². The van der Waals surface area contributed by atoms with Crippen LogP contribution in [0.15, 0.2) is 27.4 Å². The third-order valence-electron chi connectivity index (χ3n) is 2.86. The Hall–Kier alpha value is -2.10. The molecule has 0 saturated carbocycles. The van der Waals surface area contributed by atoms with Crippen LogP contribution in [0.2, 0.25) is 0 Å². The standard InChI is InChI=1S/C12H9NO3/c1-2-6-3-10(14)8-5-11-9(4-7(6)8)13-12(15)16-11/h3-5H,2H2,1H3,(H,13,15). The van der Waals surface area contributed by atoms with Crippen molar-refractivity contribution in [1.29, 1.82) is 0 Å². The first-order valence-corrected chi connectivity index (χ1v) is 5.11. The molecule has 0 atom stereocenters. The summed E-state index contributed by atoms with van der Waals surface area (Å²) in [6.45, 7) is 2.00. The van der Waals surface area contributed by atoms with Gasteiger partial charge in [0.05, 0.1) is 5.52 Å². The molecule has 1 aromatic heterocycles. The third-order valence-corrected chi connectivity index (χ3v) is 2.86. The fourth-order valence-corrected chi connectivity index (χ4v) is 2.07. The second-order valence-corrected chi connectivity index (χ2v) is 3.80. The number of H-pyrrole nitrogens is 1. The lowest BCUT2D eigenvalue weighted by Crippen LogP contribution is -1.93. The number of nitrogens with one attached hydrogen (secondary N) is 1. The zero-order valence-corrected chi connectivity index (χ0v) is 8.66. The van der Waals surface area contributed by atoms with Crippen LogP contribution in [0.25, 0.3) is 16.7 Å². The van der Waals surface area contributed by atoms with Crippen LogP contribution in [0.5, 0.6) is 0 Å². The molecule has 0 saturated heterocycles. The van der Waals surface area contributed by atoms with Gasteiger partial charge in [0.1, 0.15) is 0 Å². The topological polar surface area (TPSA) is 63.1 Å². The van der Waals surface area contributed by atoms with Crippen molar-refractivity contribution in [2.24, 2.45) is 0 Å².